The van der Waals surface area contributed by atoms with E-state index >= 15 is 0 Å². The maximum absolute atomic E-state index is 5.70. The highest BCUT2D eigenvalue weighted by molar-refractivity contribution is 6.17. The summed E-state index contributed by atoms with van der Waals surface area (Å²) in [5, 5.41) is 0. The van der Waals surface area contributed by atoms with Crippen molar-refractivity contribution in [2.45, 2.75) is 5.88 Å². The Balaban J connectivity index is 2.01. The zero-order chi connectivity index (χ0) is 13.1. The monoisotopic (exact) mass is 270 g/mol. The predicted octanol–water partition coefficient (Wildman–Crippen LogP) is 3.02. The summed E-state index contributed by atoms with van der Waals surface area (Å²) in [6.45, 7) is 6.35. The first-order valence-electron chi connectivity index (χ1n) is 5.91. The summed E-state index contributed by atoms with van der Waals surface area (Å²) >= 11 is 5.70. The fourth-order valence-electron chi connectivity index (χ4n) is 1.28. The van der Waals surface area contributed by atoms with Gasteiger partial charge in [0, 0.05) is 5.88 Å². The third-order valence-corrected chi connectivity index (χ3v) is 2.49. The van der Waals surface area contributed by atoms with Crippen LogP contribution in [-0.2, 0) is 15.4 Å². The number of halogens is 1. The molecule has 0 spiro atoms. The van der Waals surface area contributed by atoms with Gasteiger partial charge in [-0.05, 0) is 17.7 Å². The van der Waals surface area contributed by atoms with E-state index in [-0.39, 0.29) is 0 Å². The molecular weight excluding hydrogens is 252 g/mol. The minimum atomic E-state index is 0.522. The number of alkyl halides is 1. The van der Waals surface area contributed by atoms with Crippen LogP contribution in [0.15, 0.2) is 36.9 Å². The van der Waals surface area contributed by atoms with Crippen LogP contribution in [-0.4, -0.2) is 33.0 Å². The number of ether oxygens (including phenoxy) is 3. The molecule has 3 nitrogen and oxygen atoms in total. The Morgan fingerprint density at radius 1 is 1.00 bits per heavy atom. The van der Waals surface area contributed by atoms with Crippen molar-refractivity contribution >= 4 is 11.6 Å². The first kappa shape index (κ1) is 15.0. The maximum Gasteiger partial charge on any atom is 0.119 e. The second-order valence-corrected chi connectivity index (χ2v) is 3.87. The lowest BCUT2D eigenvalue weighted by Gasteiger charge is -2.07. The van der Waals surface area contributed by atoms with Crippen LogP contribution >= 0.6 is 11.6 Å². The first-order valence-corrected chi connectivity index (χ1v) is 6.44. The molecule has 1 aromatic rings. The Labute approximate surface area is 113 Å². The van der Waals surface area contributed by atoms with E-state index in [2.05, 4.69) is 6.58 Å². The standard InChI is InChI=1S/C14H19ClO3/c1-2-7-16-8-9-17-10-11-18-14-5-3-13(12-15)4-6-14/h2-6H,1,7-12H2. The molecule has 0 saturated carbocycles. The van der Waals surface area contributed by atoms with E-state index in [1.54, 1.807) is 6.08 Å². The molecule has 0 radical (unpaired) electrons. The van der Waals surface area contributed by atoms with Crippen molar-refractivity contribution in [2.75, 3.05) is 33.0 Å². The predicted molar refractivity (Wildman–Crippen MR) is 73.3 cm³/mol. The average molecular weight is 271 g/mol. The van der Waals surface area contributed by atoms with Gasteiger partial charge in [0.15, 0.2) is 0 Å². The molecule has 4 heteroatoms. The normalized spacial score (nSPS) is 10.3. The van der Waals surface area contributed by atoms with Gasteiger partial charge in [0.1, 0.15) is 12.4 Å². The van der Waals surface area contributed by atoms with E-state index in [1.165, 1.54) is 0 Å². The van der Waals surface area contributed by atoms with Crippen molar-refractivity contribution in [1.82, 2.24) is 0 Å². The topological polar surface area (TPSA) is 27.7 Å². The van der Waals surface area contributed by atoms with Gasteiger partial charge in [0.2, 0.25) is 0 Å². The summed E-state index contributed by atoms with van der Waals surface area (Å²) in [4.78, 5) is 0. The largest absolute Gasteiger partial charge is 0.491 e. The van der Waals surface area contributed by atoms with Gasteiger partial charge >= 0.3 is 0 Å². The third-order valence-electron chi connectivity index (χ3n) is 2.18. The summed E-state index contributed by atoms with van der Waals surface area (Å²) in [6, 6.07) is 7.72. The highest BCUT2D eigenvalue weighted by Gasteiger charge is 1.95. The second kappa shape index (κ2) is 9.95. The van der Waals surface area contributed by atoms with Crippen molar-refractivity contribution in [3.05, 3.63) is 42.5 Å². The van der Waals surface area contributed by atoms with E-state index in [0.717, 1.165) is 11.3 Å². The van der Waals surface area contributed by atoms with Gasteiger partial charge in [-0.25, -0.2) is 0 Å². The lowest BCUT2D eigenvalue weighted by Crippen LogP contribution is -2.10. The van der Waals surface area contributed by atoms with E-state index < -0.39 is 0 Å². The Bertz CT molecular complexity index is 324. The average Bonchev–Trinajstić information content (AvgIpc) is 2.42. The third kappa shape index (κ3) is 6.64. The van der Waals surface area contributed by atoms with E-state index in [4.69, 9.17) is 25.8 Å². The highest BCUT2D eigenvalue weighted by Crippen LogP contribution is 2.13. The van der Waals surface area contributed by atoms with Gasteiger partial charge in [0.05, 0.1) is 26.4 Å². The van der Waals surface area contributed by atoms with Crippen LogP contribution in [0.1, 0.15) is 5.56 Å². The molecule has 0 bridgehead atoms. The minimum absolute atomic E-state index is 0.522. The first-order chi connectivity index (χ1) is 8.86. The number of hydrogen-bond acceptors (Lipinski definition) is 3. The van der Waals surface area contributed by atoms with Crippen LogP contribution in [0.25, 0.3) is 0 Å². The Hall–Kier alpha value is -1.03. The smallest absolute Gasteiger partial charge is 0.119 e. The molecule has 0 heterocycles. The molecule has 0 aliphatic heterocycles. The van der Waals surface area contributed by atoms with Crippen LogP contribution in [0.3, 0.4) is 0 Å². The SMILES string of the molecule is C=CCOCCOCCOc1ccc(CCl)cc1. The Kier molecular flexibility index (Phi) is 8.30. The molecule has 0 saturated heterocycles. The van der Waals surface area contributed by atoms with Gasteiger partial charge in [-0.2, -0.15) is 0 Å². The fourth-order valence-corrected chi connectivity index (χ4v) is 1.46. The van der Waals surface area contributed by atoms with Crippen LogP contribution in [0.2, 0.25) is 0 Å². The van der Waals surface area contributed by atoms with Crippen LogP contribution in [0.4, 0.5) is 0 Å². The van der Waals surface area contributed by atoms with Gasteiger partial charge in [0.25, 0.3) is 0 Å². The van der Waals surface area contributed by atoms with Crippen molar-refractivity contribution in [3.8, 4) is 5.75 Å². The van der Waals surface area contributed by atoms with Crippen molar-refractivity contribution in [1.29, 1.82) is 0 Å². The lowest BCUT2D eigenvalue weighted by molar-refractivity contribution is 0.0449. The van der Waals surface area contributed by atoms with E-state index in [1.807, 2.05) is 24.3 Å². The molecule has 0 aliphatic carbocycles. The van der Waals surface area contributed by atoms with Gasteiger partial charge < -0.3 is 14.2 Å². The summed E-state index contributed by atoms with van der Waals surface area (Å²) in [6.07, 6.45) is 1.72. The van der Waals surface area contributed by atoms with Crippen molar-refractivity contribution in [3.63, 3.8) is 0 Å². The zero-order valence-corrected chi connectivity index (χ0v) is 11.2. The molecule has 0 aliphatic rings. The molecule has 0 amide bonds. The van der Waals surface area contributed by atoms with E-state index in [0.29, 0.717) is 38.9 Å². The Morgan fingerprint density at radius 2 is 1.67 bits per heavy atom. The second-order valence-electron chi connectivity index (χ2n) is 3.60. The van der Waals surface area contributed by atoms with Crippen LogP contribution < -0.4 is 4.74 Å². The molecule has 1 rings (SSSR count). The molecule has 0 N–H and O–H groups in total. The summed E-state index contributed by atoms with van der Waals surface area (Å²) < 4.78 is 16.0. The number of benzene rings is 1. The number of rotatable bonds is 10. The summed E-state index contributed by atoms with van der Waals surface area (Å²) in [7, 11) is 0. The van der Waals surface area contributed by atoms with Crippen molar-refractivity contribution in [2.24, 2.45) is 0 Å². The molecule has 0 aromatic heterocycles. The fraction of sp³-hybridized carbons (Fsp3) is 0.429. The molecule has 0 unspecified atom stereocenters. The van der Waals surface area contributed by atoms with Gasteiger partial charge in [-0.1, -0.05) is 18.2 Å². The molecule has 1 aromatic carbocycles. The molecule has 18 heavy (non-hydrogen) atoms. The minimum Gasteiger partial charge on any atom is -0.491 e. The highest BCUT2D eigenvalue weighted by atomic mass is 35.5. The van der Waals surface area contributed by atoms with Gasteiger partial charge in [-0.3, -0.25) is 0 Å². The zero-order valence-electron chi connectivity index (χ0n) is 10.4. The molecule has 0 atom stereocenters. The van der Waals surface area contributed by atoms with Crippen molar-refractivity contribution < 1.29 is 14.2 Å². The molecular formula is C14H19ClO3. The van der Waals surface area contributed by atoms with Crippen LogP contribution in [0.5, 0.6) is 5.75 Å². The molecule has 0 fully saturated rings. The maximum atomic E-state index is 5.70. The summed E-state index contributed by atoms with van der Waals surface area (Å²) in [5.41, 5.74) is 1.08. The molecule has 100 valence electrons. The Morgan fingerprint density at radius 3 is 2.33 bits per heavy atom. The summed E-state index contributed by atoms with van der Waals surface area (Å²) in [5.74, 6) is 1.35. The lowest BCUT2D eigenvalue weighted by atomic mass is 10.2. The quantitative estimate of drug-likeness (QED) is 0.372. The number of hydrogen-bond donors (Lipinski definition) is 0. The van der Waals surface area contributed by atoms with Gasteiger partial charge in [-0.15, -0.1) is 18.2 Å². The van der Waals surface area contributed by atoms with Crippen LogP contribution in [0, 0.1) is 0 Å². The van der Waals surface area contributed by atoms with E-state index in [9.17, 15) is 0 Å².